The second kappa shape index (κ2) is 8.29. The number of hydrogen-bond donors (Lipinski definition) is 1. The third-order valence-electron chi connectivity index (χ3n) is 6.60. The highest BCUT2D eigenvalue weighted by Crippen LogP contribution is 2.27. The number of benzene rings is 1. The number of nitrogens with one attached hydrogen (secondary N) is 1. The Balaban J connectivity index is 1.29. The molecule has 0 bridgehead atoms. The average molecular weight is 429 g/mol. The van der Waals surface area contributed by atoms with Gasteiger partial charge in [-0.3, -0.25) is 9.30 Å². The first-order chi connectivity index (χ1) is 15.5. The molecule has 4 aromatic rings. The third-order valence-corrected chi connectivity index (χ3v) is 6.60. The first-order valence-electron chi connectivity index (χ1n) is 11.2. The molecule has 7 heteroatoms. The molecule has 1 aliphatic heterocycles. The highest BCUT2D eigenvalue weighted by atomic mass is 16.4. The Hall–Kier alpha value is -3.37. The van der Waals surface area contributed by atoms with Crippen molar-refractivity contribution in [1.82, 2.24) is 19.3 Å². The monoisotopic (exact) mass is 428 g/mol. The zero-order valence-electron chi connectivity index (χ0n) is 18.9. The van der Waals surface area contributed by atoms with E-state index in [1.165, 1.54) is 0 Å². The molecule has 4 heterocycles. The Morgan fingerprint density at radius 2 is 1.94 bits per heavy atom. The molecule has 0 radical (unpaired) electrons. The van der Waals surface area contributed by atoms with Crippen molar-refractivity contribution in [2.45, 2.75) is 40.2 Å². The smallest absolute Gasteiger partial charge is 0.208 e. The van der Waals surface area contributed by atoms with Crippen LogP contribution in [0.25, 0.3) is 16.7 Å². The fourth-order valence-corrected chi connectivity index (χ4v) is 4.62. The number of aromatic nitrogens is 3. The summed E-state index contributed by atoms with van der Waals surface area (Å²) in [5.74, 6) is 3.33. The van der Waals surface area contributed by atoms with E-state index in [1.807, 2.05) is 39.0 Å². The van der Waals surface area contributed by atoms with Gasteiger partial charge in [-0.05, 0) is 76.4 Å². The van der Waals surface area contributed by atoms with E-state index in [0.717, 1.165) is 84.4 Å². The van der Waals surface area contributed by atoms with Crippen LogP contribution in [0.15, 0.2) is 34.7 Å². The number of likely N-dealkylation sites (tertiary alicyclic amines) is 1. The molecule has 0 atom stereocenters. The van der Waals surface area contributed by atoms with Crippen molar-refractivity contribution in [1.29, 1.82) is 5.26 Å². The minimum atomic E-state index is 0.597. The number of imidazole rings is 1. The number of para-hydroxylation sites is 2. The molecule has 3 aromatic heterocycles. The van der Waals surface area contributed by atoms with Gasteiger partial charge in [-0.1, -0.05) is 12.1 Å². The van der Waals surface area contributed by atoms with Gasteiger partial charge in [0.2, 0.25) is 5.89 Å². The highest BCUT2D eigenvalue weighted by Gasteiger charge is 2.22. The molecule has 5 rings (SSSR count). The summed E-state index contributed by atoms with van der Waals surface area (Å²) in [6.07, 6.45) is 2.27. The van der Waals surface area contributed by atoms with E-state index >= 15 is 0 Å². The minimum Gasteiger partial charge on any atom is -0.444 e. The second-order valence-electron chi connectivity index (χ2n) is 8.81. The van der Waals surface area contributed by atoms with E-state index in [2.05, 4.69) is 37.8 Å². The van der Waals surface area contributed by atoms with Gasteiger partial charge in [0, 0.05) is 6.54 Å². The second-order valence-corrected chi connectivity index (χ2v) is 8.81. The standard InChI is InChI=1S/C25H28N6O/c1-16-12-23(31-22-7-5-4-6-21(22)29-25(31)20(16)13-26)27-14-19-8-10-30(11-9-19)15-24-28-17(2)18(3)32-24/h4-7,12,19,27H,8-11,14-15H2,1-3H3. The van der Waals surface area contributed by atoms with Crippen molar-refractivity contribution < 1.29 is 4.42 Å². The Bertz CT molecular complexity index is 1300. The van der Waals surface area contributed by atoms with Crippen LogP contribution in [0.5, 0.6) is 0 Å². The zero-order valence-corrected chi connectivity index (χ0v) is 18.9. The van der Waals surface area contributed by atoms with Crippen molar-refractivity contribution >= 4 is 22.5 Å². The molecule has 1 fully saturated rings. The molecule has 32 heavy (non-hydrogen) atoms. The fraction of sp³-hybridized carbons (Fsp3) is 0.400. The van der Waals surface area contributed by atoms with Crippen molar-refractivity contribution in [2.75, 3.05) is 25.0 Å². The predicted molar refractivity (Wildman–Crippen MR) is 125 cm³/mol. The van der Waals surface area contributed by atoms with E-state index in [0.29, 0.717) is 11.5 Å². The molecule has 0 spiro atoms. The number of anilines is 1. The summed E-state index contributed by atoms with van der Waals surface area (Å²) in [5.41, 5.74) is 5.22. The number of pyridine rings is 1. The lowest BCUT2D eigenvalue weighted by Gasteiger charge is -2.31. The van der Waals surface area contributed by atoms with Crippen LogP contribution in [0, 0.1) is 38.0 Å². The van der Waals surface area contributed by atoms with Gasteiger partial charge in [0.05, 0.1) is 28.8 Å². The van der Waals surface area contributed by atoms with E-state index in [-0.39, 0.29) is 0 Å². The number of rotatable bonds is 5. The van der Waals surface area contributed by atoms with Crippen LogP contribution in [0.4, 0.5) is 5.82 Å². The summed E-state index contributed by atoms with van der Waals surface area (Å²) >= 11 is 0. The van der Waals surface area contributed by atoms with Gasteiger partial charge < -0.3 is 9.73 Å². The van der Waals surface area contributed by atoms with E-state index in [4.69, 9.17) is 9.40 Å². The van der Waals surface area contributed by atoms with Gasteiger partial charge in [0.15, 0.2) is 5.65 Å². The number of nitriles is 1. The summed E-state index contributed by atoms with van der Waals surface area (Å²) in [6, 6.07) is 12.5. The SMILES string of the molecule is Cc1cc(NCC2CCN(Cc3nc(C)c(C)o3)CC2)n2c(nc3ccccc32)c1C#N. The predicted octanol–water partition coefficient (Wildman–Crippen LogP) is 4.60. The van der Waals surface area contributed by atoms with Gasteiger partial charge in [0.25, 0.3) is 0 Å². The molecule has 0 saturated carbocycles. The van der Waals surface area contributed by atoms with Gasteiger partial charge in [0.1, 0.15) is 17.6 Å². The van der Waals surface area contributed by atoms with E-state index in [1.54, 1.807) is 0 Å². The molecule has 0 amide bonds. The number of hydrogen-bond acceptors (Lipinski definition) is 6. The van der Waals surface area contributed by atoms with Crippen LogP contribution in [0.1, 0.15) is 41.3 Å². The Morgan fingerprint density at radius 1 is 1.16 bits per heavy atom. The van der Waals surface area contributed by atoms with Gasteiger partial charge in [-0.2, -0.15) is 5.26 Å². The van der Waals surface area contributed by atoms with Crippen molar-refractivity contribution in [3.8, 4) is 6.07 Å². The van der Waals surface area contributed by atoms with Crippen LogP contribution in [0.2, 0.25) is 0 Å². The molecule has 1 N–H and O–H groups in total. The molecular weight excluding hydrogens is 400 g/mol. The van der Waals surface area contributed by atoms with Crippen molar-refractivity contribution in [3.63, 3.8) is 0 Å². The van der Waals surface area contributed by atoms with E-state index in [9.17, 15) is 5.26 Å². The first kappa shape index (κ1) is 20.5. The summed E-state index contributed by atoms with van der Waals surface area (Å²) in [5, 5.41) is 13.3. The van der Waals surface area contributed by atoms with Gasteiger partial charge >= 0.3 is 0 Å². The molecule has 1 aromatic carbocycles. The molecule has 1 saturated heterocycles. The summed E-state index contributed by atoms with van der Waals surface area (Å²) in [7, 11) is 0. The Labute approximate surface area is 187 Å². The molecule has 0 unspecified atom stereocenters. The first-order valence-corrected chi connectivity index (χ1v) is 11.2. The van der Waals surface area contributed by atoms with Crippen LogP contribution in [0.3, 0.4) is 0 Å². The maximum absolute atomic E-state index is 9.67. The van der Waals surface area contributed by atoms with Crippen LogP contribution in [-0.4, -0.2) is 38.9 Å². The number of oxazole rings is 1. The summed E-state index contributed by atoms with van der Waals surface area (Å²) < 4.78 is 7.84. The molecular formula is C25H28N6O. The molecule has 1 aliphatic rings. The maximum Gasteiger partial charge on any atom is 0.208 e. The fourth-order valence-electron chi connectivity index (χ4n) is 4.62. The number of nitrogens with zero attached hydrogens (tertiary/aromatic N) is 5. The lowest BCUT2D eigenvalue weighted by Crippen LogP contribution is -2.35. The Kier molecular flexibility index (Phi) is 5.32. The van der Waals surface area contributed by atoms with Crippen LogP contribution in [-0.2, 0) is 6.54 Å². The van der Waals surface area contributed by atoms with E-state index < -0.39 is 0 Å². The Morgan fingerprint density at radius 3 is 2.66 bits per heavy atom. The topological polar surface area (TPSA) is 82.4 Å². The molecule has 164 valence electrons. The summed E-state index contributed by atoms with van der Waals surface area (Å²) in [6.45, 7) is 9.71. The number of piperidine rings is 1. The quantitative estimate of drug-likeness (QED) is 0.500. The summed E-state index contributed by atoms with van der Waals surface area (Å²) in [4.78, 5) is 11.7. The third kappa shape index (κ3) is 3.71. The number of fused-ring (bicyclic) bond motifs is 3. The maximum atomic E-state index is 9.67. The van der Waals surface area contributed by atoms with Gasteiger partial charge in [-0.25, -0.2) is 9.97 Å². The van der Waals surface area contributed by atoms with Crippen LogP contribution < -0.4 is 5.32 Å². The average Bonchev–Trinajstić information content (AvgIpc) is 3.32. The molecule has 7 nitrogen and oxygen atoms in total. The zero-order chi connectivity index (χ0) is 22.2. The number of aryl methyl sites for hydroxylation is 3. The van der Waals surface area contributed by atoms with Gasteiger partial charge in [-0.15, -0.1) is 0 Å². The van der Waals surface area contributed by atoms with Crippen molar-refractivity contribution in [2.24, 2.45) is 5.92 Å². The van der Waals surface area contributed by atoms with Crippen molar-refractivity contribution in [3.05, 3.63) is 58.8 Å². The van der Waals surface area contributed by atoms with Crippen LogP contribution >= 0.6 is 0 Å². The largest absolute Gasteiger partial charge is 0.444 e. The molecule has 0 aliphatic carbocycles. The minimum absolute atomic E-state index is 0.597. The lowest BCUT2D eigenvalue weighted by atomic mass is 9.97. The normalized spacial score (nSPS) is 15.4. The highest BCUT2D eigenvalue weighted by molar-refractivity contribution is 5.85. The lowest BCUT2D eigenvalue weighted by molar-refractivity contribution is 0.167.